The molecule has 1 aliphatic carbocycles. The molecule has 2 aromatic carbocycles. The third kappa shape index (κ3) is 3.69. The Bertz CT molecular complexity index is 797. The van der Waals surface area contributed by atoms with E-state index in [2.05, 4.69) is 41.3 Å². The molecule has 1 amide bonds. The number of ether oxygens (including phenoxy) is 1. The van der Waals surface area contributed by atoms with Crippen LogP contribution in [0.25, 0.3) is 0 Å². The van der Waals surface area contributed by atoms with Crippen LogP contribution in [0.2, 0.25) is 0 Å². The highest BCUT2D eigenvalue weighted by molar-refractivity contribution is 5.92. The molecular formula is C23H29ClN2O2. The van der Waals surface area contributed by atoms with E-state index in [-0.39, 0.29) is 23.9 Å². The molecule has 4 rings (SSSR count). The van der Waals surface area contributed by atoms with E-state index in [1.807, 2.05) is 19.2 Å². The molecule has 2 N–H and O–H groups in total. The van der Waals surface area contributed by atoms with E-state index in [0.717, 1.165) is 38.0 Å². The SMILES string of the molecule is CO[C@]1(c2cccc(C(N)=O)c2)[C@@H]2CCC[C@H]1CN(Cc1ccccc1)C2.Cl. The van der Waals surface area contributed by atoms with Crippen molar-refractivity contribution >= 4 is 18.3 Å². The molecule has 28 heavy (non-hydrogen) atoms. The van der Waals surface area contributed by atoms with Gasteiger partial charge in [-0.1, -0.05) is 48.9 Å². The maximum atomic E-state index is 11.7. The molecule has 150 valence electrons. The van der Waals surface area contributed by atoms with Gasteiger partial charge >= 0.3 is 0 Å². The maximum absolute atomic E-state index is 11.7. The van der Waals surface area contributed by atoms with E-state index in [0.29, 0.717) is 17.4 Å². The van der Waals surface area contributed by atoms with Crippen molar-refractivity contribution in [2.45, 2.75) is 31.4 Å². The Labute approximate surface area is 173 Å². The van der Waals surface area contributed by atoms with Crippen LogP contribution in [-0.4, -0.2) is 31.0 Å². The summed E-state index contributed by atoms with van der Waals surface area (Å²) in [7, 11) is 1.83. The minimum atomic E-state index is -0.380. The fourth-order valence-corrected chi connectivity index (χ4v) is 5.33. The summed E-state index contributed by atoms with van der Waals surface area (Å²) >= 11 is 0. The van der Waals surface area contributed by atoms with Gasteiger partial charge in [-0.3, -0.25) is 9.69 Å². The third-order valence-corrected chi connectivity index (χ3v) is 6.46. The zero-order valence-corrected chi connectivity index (χ0v) is 17.2. The fourth-order valence-electron chi connectivity index (χ4n) is 5.33. The molecule has 2 aromatic rings. The predicted molar refractivity (Wildman–Crippen MR) is 113 cm³/mol. The number of carbonyl (C=O) groups is 1. The third-order valence-electron chi connectivity index (χ3n) is 6.46. The average Bonchev–Trinajstić information content (AvgIpc) is 2.68. The minimum absolute atomic E-state index is 0. The lowest BCUT2D eigenvalue weighted by Crippen LogP contribution is -2.58. The number of nitrogens with two attached hydrogens (primary N) is 1. The first kappa shape index (κ1) is 20.8. The van der Waals surface area contributed by atoms with Gasteiger partial charge in [0.05, 0.1) is 0 Å². The van der Waals surface area contributed by atoms with Crippen molar-refractivity contribution in [3.63, 3.8) is 0 Å². The molecule has 0 unspecified atom stereocenters. The molecule has 2 fully saturated rings. The van der Waals surface area contributed by atoms with Crippen LogP contribution in [0.4, 0.5) is 0 Å². The molecule has 3 atom stereocenters. The molecule has 1 saturated heterocycles. The number of primary amides is 1. The number of likely N-dealkylation sites (tertiary alicyclic amines) is 1. The molecule has 1 aliphatic heterocycles. The van der Waals surface area contributed by atoms with Crippen LogP contribution < -0.4 is 5.73 Å². The van der Waals surface area contributed by atoms with Gasteiger partial charge in [-0.25, -0.2) is 0 Å². The fraction of sp³-hybridized carbons (Fsp3) is 0.435. The summed E-state index contributed by atoms with van der Waals surface area (Å²) in [6.07, 6.45) is 3.54. The number of methoxy groups -OCH3 is 1. The number of benzene rings is 2. The smallest absolute Gasteiger partial charge is 0.248 e. The molecular weight excluding hydrogens is 372 g/mol. The van der Waals surface area contributed by atoms with Crippen molar-refractivity contribution in [3.05, 3.63) is 71.3 Å². The van der Waals surface area contributed by atoms with Crippen LogP contribution in [0.3, 0.4) is 0 Å². The van der Waals surface area contributed by atoms with Crippen molar-refractivity contribution in [2.24, 2.45) is 17.6 Å². The van der Waals surface area contributed by atoms with Gasteiger partial charge in [-0.15, -0.1) is 12.4 Å². The summed E-state index contributed by atoms with van der Waals surface area (Å²) in [4.78, 5) is 14.3. The first-order valence-corrected chi connectivity index (χ1v) is 9.85. The molecule has 1 heterocycles. The van der Waals surface area contributed by atoms with E-state index in [4.69, 9.17) is 10.5 Å². The summed E-state index contributed by atoms with van der Waals surface area (Å²) < 4.78 is 6.29. The zero-order valence-electron chi connectivity index (χ0n) is 16.3. The van der Waals surface area contributed by atoms with Gasteiger partial charge in [0.1, 0.15) is 5.60 Å². The quantitative estimate of drug-likeness (QED) is 0.825. The summed E-state index contributed by atoms with van der Waals surface area (Å²) in [5, 5.41) is 0. The number of piperidine rings is 1. The van der Waals surface area contributed by atoms with Gasteiger partial charge in [0.15, 0.2) is 0 Å². The molecule has 0 aromatic heterocycles. The maximum Gasteiger partial charge on any atom is 0.248 e. The molecule has 0 radical (unpaired) electrons. The Balaban J connectivity index is 0.00000225. The summed E-state index contributed by atoms with van der Waals surface area (Å²) in [5.41, 5.74) is 8.24. The lowest BCUT2D eigenvalue weighted by Gasteiger charge is -2.55. The highest BCUT2D eigenvalue weighted by Gasteiger charge is 2.53. The second-order valence-corrected chi connectivity index (χ2v) is 7.95. The number of amides is 1. The normalized spacial score (nSPS) is 27.0. The first-order valence-electron chi connectivity index (χ1n) is 9.85. The highest BCUT2D eigenvalue weighted by atomic mass is 35.5. The molecule has 5 heteroatoms. The Kier molecular flexibility index (Phi) is 6.43. The number of fused-ring (bicyclic) bond motifs is 2. The van der Waals surface area contributed by atoms with Crippen molar-refractivity contribution < 1.29 is 9.53 Å². The van der Waals surface area contributed by atoms with Crippen LogP contribution in [-0.2, 0) is 16.9 Å². The Morgan fingerprint density at radius 3 is 2.39 bits per heavy atom. The van der Waals surface area contributed by atoms with Crippen molar-refractivity contribution in [2.75, 3.05) is 20.2 Å². The first-order chi connectivity index (χ1) is 13.1. The topological polar surface area (TPSA) is 55.6 Å². The van der Waals surface area contributed by atoms with E-state index in [1.54, 1.807) is 6.07 Å². The van der Waals surface area contributed by atoms with E-state index >= 15 is 0 Å². The van der Waals surface area contributed by atoms with Crippen molar-refractivity contribution in [3.8, 4) is 0 Å². The largest absolute Gasteiger partial charge is 0.373 e. The van der Waals surface area contributed by atoms with Crippen LogP contribution in [0.15, 0.2) is 54.6 Å². The van der Waals surface area contributed by atoms with Gasteiger partial charge in [0.25, 0.3) is 0 Å². The number of halogens is 1. The number of rotatable bonds is 5. The summed E-state index contributed by atoms with van der Waals surface area (Å²) in [5.74, 6) is 0.457. The summed E-state index contributed by atoms with van der Waals surface area (Å²) in [6.45, 7) is 3.01. The monoisotopic (exact) mass is 400 g/mol. The van der Waals surface area contributed by atoms with E-state index in [1.165, 1.54) is 12.0 Å². The van der Waals surface area contributed by atoms with Crippen LogP contribution in [0, 0.1) is 11.8 Å². The molecule has 1 saturated carbocycles. The average molecular weight is 401 g/mol. The number of hydrogen-bond donors (Lipinski definition) is 1. The lowest BCUT2D eigenvalue weighted by molar-refractivity contribution is -0.170. The second kappa shape index (κ2) is 8.64. The van der Waals surface area contributed by atoms with Crippen LogP contribution in [0.1, 0.15) is 40.7 Å². The standard InChI is InChI=1S/C23H28N2O2.ClH/c1-27-23(19-10-5-9-18(13-19)22(24)26)20-11-6-12-21(23)16-25(15-20)14-17-7-3-2-4-8-17;/h2-5,7-10,13,20-21H,6,11-12,14-16H2,1H3,(H2,24,26);1H/t20-,21+,23-;. The molecule has 4 nitrogen and oxygen atoms in total. The highest BCUT2D eigenvalue weighted by Crippen LogP contribution is 2.51. The zero-order chi connectivity index (χ0) is 18.9. The number of carbonyl (C=O) groups excluding carboxylic acids is 1. The number of nitrogens with zero attached hydrogens (tertiary/aromatic N) is 1. The predicted octanol–water partition coefficient (Wildman–Crippen LogP) is 3.98. The van der Waals surface area contributed by atoms with Gasteiger partial charge in [-0.2, -0.15) is 0 Å². The van der Waals surface area contributed by atoms with Crippen molar-refractivity contribution in [1.82, 2.24) is 4.90 Å². The molecule has 2 bridgehead atoms. The van der Waals surface area contributed by atoms with Gasteiger partial charge in [-0.05, 0) is 36.1 Å². The van der Waals surface area contributed by atoms with Gasteiger partial charge in [0, 0.05) is 44.1 Å². The van der Waals surface area contributed by atoms with E-state index < -0.39 is 0 Å². The summed E-state index contributed by atoms with van der Waals surface area (Å²) in [6, 6.07) is 18.4. The Hall–Kier alpha value is -1.88. The second-order valence-electron chi connectivity index (χ2n) is 7.95. The number of hydrogen-bond acceptors (Lipinski definition) is 3. The van der Waals surface area contributed by atoms with Gasteiger partial charge < -0.3 is 10.5 Å². The van der Waals surface area contributed by atoms with Crippen LogP contribution >= 0.6 is 12.4 Å². The molecule has 0 spiro atoms. The Morgan fingerprint density at radius 2 is 1.79 bits per heavy atom. The van der Waals surface area contributed by atoms with Crippen molar-refractivity contribution in [1.29, 1.82) is 0 Å². The lowest BCUT2D eigenvalue weighted by atomic mass is 9.62. The Morgan fingerprint density at radius 1 is 1.11 bits per heavy atom. The molecule has 2 aliphatic rings. The van der Waals surface area contributed by atoms with Gasteiger partial charge in [0.2, 0.25) is 5.91 Å². The van der Waals surface area contributed by atoms with E-state index in [9.17, 15) is 4.79 Å². The van der Waals surface area contributed by atoms with Crippen LogP contribution in [0.5, 0.6) is 0 Å². The minimum Gasteiger partial charge on any atom is -0.373 e.